The number of amides is 1. The molecular formula is C11H11NO4. The average molecular weight is 221 g/mol. The van der Waals surface area contributed by atoms with Crippen molar-refractivity contribution >= 4 is 11.9 Å². The fourth-order valence-electron chi connectivity index (χ4n) is 2.08. The van der Waals surface area contributed by atoms with Gasteiger partial charge in [-0.3, -0.25) is 4.79 Å². The van der Waals surface area contributed by atoms with Crippen LogP contribution in [0.15, 0.2) is 24.3 Å². The van der Waals surface area contributed by atoms with E-state index in [1.54, 1.807) is 24.3 Å². The van der Waals surface area contributed by atoms with Gasteiger partial charge in [-0.1, -0.05) is 18.2 Å². The van der Waals surface area contributed by atoms with Gasteiger partial charge in [0.25, 0.3) is 5.91 Å². The number of benzene rings is 1. The topological polar surface area (TPSA) is 77.8 Å². The van der Waals surface area contributed by atoms with Gasteiger partial charge in [0.15, 0.2) is 5.54 Å². The van der Waals surface area contributed by atoms with Gasteiger partial charge in [0.2, 0.25) is 0 Å². The van der Waals surface area contributed by atoms with Gasteiger partial charge in [-0.2, -0.15) is 0 Å². The third-order valence-electron chi connectivity index (χ3n) is 3.06. The molecule has 0 saturated heterocycles. The van der Waals surface area contributed by atoms with Gasteiger partial charge in [0.05, 0.1) is 6.61 Å². The second-order valence-corrected chi connectivity index (χ2v) is 3.73. The smallest absolute Gasteiger partial charge is 0.336 e. The van der Waals surface area contributed by atoms with Crippen LogP contribution in [0, 0.1) is 0 Å². The highest BCUT2D eigenvalue weighted by molar-refractivity contribution is 6.05. The average Bonchev–Trinajstić information content (AvgIpc) is 2.50. The van der Waals surface area contributed by atoms with Crippen LogP contribution in [0.1, 0.15) is 15.9 Å². The summed E-state index contributed by atoms with van der Waals surface area (Å²) in [4.78, 5) is 24.2. The van der Waals surface area contributed by atoms with Crippen molar-refractivity contribution < 1.29 is 19.8 Å². The molecule has 16 heavy (non-hydrogen) atoms. The predicted molar refractivity (Wildman–Crippen MR) is 54.9 cm³/mol. The molecule has 1 atom stereocenters. The third kappa shape index (κ3) is 1.03. The molecule has 2 rings (SSSR count). The van der Waals surface area contributed by atoms with Gasteiger partial charge in [0, 0.05) is 18.2 Å². The highest BCUT2D eigenvalue weighted by Crippen LogP contribution is 2.37. The Hall–Kier alpha value is -1.88. The summed E-state index contributed by atoms with van der Waals surface area (Å²) in [7, 11) is 1.38. The van der Waals surface area contributed by atoms with E-state index in [9.17, 15) is 19.8 Å². The first-order chi connectivity index (χ1) is 7.55. The van der Waals surface area contributed by atoms with E-state index >= 15 is 0 Å². The van der Waals surface area contributed by atoms with Crippen LogP contribution in [-0.2, 0) is 10.3 Å². The number of fused-ring (bicyclic) bond motifs is 1. The number of likely N-dealkylation sites (N-methyl/N-ethyl adjacent to an activating group) is 1. The maximum Gasteiger partial charge on any atom is 0.336 e. The Morgan fingerprint density at radius 1 is 1.44 bits per heavy atom. The predicted octanol–water partition coefficient (Wildman–Crippen LogP) is 0.0444. The molecular weight excluding hydrogens is 210 g/mol. The highest BCUT2D eigenvalue weighted by atomic mass is 16.4. The summed E-state index contributed by atoms with van der Waals surface area (Å²) in [6.07, 6.45) is 0. The van der Waals surface area contributed by atoms with Gasteiger partial charge in [-0.25, -0.2) is 4.79 Å². The van der Waals surface area contributed by atoms with Crippen molar-refractivity contribution in [2.75, 3.05) is 13.7 Å². The lowest BCUT2D eigenvalue weighted by Gasteiger charge is -2.30. The molecule has 0 radical (unpaired) electrons. The Morgan fingerprint density at radius 3 is 2.62 bits per heavy atom. The zero-order valence-electron chi connectivity index (χ0n) is 8.67. The van der Waals surface area contributed by atoms with Crippen molar-refractivity contribution in [3.8, 4) is 0 Å². The normalized spacial score (nSPS) is 23.4. The van der Waals surface area contributed by atoms with Crippen LogP contribution in [0.5, 0.6) is 0 Å². The van der Waals surface area contributed by atoms with Crippen LogP contribution in [0.2, 0.25) is 0 Å². The van der Waals surface area contributed by atoms with Crippen LogP contribution in [0.4, 0.5) is 0 Å². The molecule has 0 aromatic heterocycles. The fraction of sp³-hybridized carbons (Fsp3) is 0.273. The number of nitrogens with zero attached hydrogens (tertiary/aromatic N) is 1. The lowest BCUT2D eigenvalue weighted by atomic mass is 9.91. The number of carboxylic acid groups (broad SMARTS) is 1. The SMILES string of the molecule is CN1C(=O)c2ccccc2C1(CO)C(=O)O. The van der Waals surface area contributed by atoms with Crippen LogP contribution >= 0.6 is 0 Å². The van der Waals surface area contributed by atoms with Crippen LogP contribution in [0.25, 0.3) is 0 Å². The number of carboxylic acids is 1. The van der Waals surface area contributed by atoms with Crippen molar-refractivity contribution in [3.63, 3.8) is 0 Å². The van der Waals surface area contributed by atoms with E-state index in [4.69, 9.17) is 0 Å². The molecule has 1 unspecified atom stereocenters. The van der Waals surface area contributed by atoms with Gasteiger partial charge in [-0.15, -0.1) is 0 Å². The maximum absolute atomic E-state index is 11.8. The number of rotatable bonds is 2. The molecule has 0 fully saturated rings. The largest absolute Gasteiger partial charge is 0.479 e. The van der Waals surface area contributed by atoms with E-state index in [0.29, 0.717) is 11.1 Å². The van der Waals surface area contributed by atoms with E-state index < -0.39 is 18.1 Å². The molecule has 1 aromatic rings. The van der Waals surface area contributed by atoms with Crippen molar-refractivity contribution in [3.05, 3.63) is 35.4 Å². The molecule has 0 saturated carbocycles. The van der Waals surface area contributed by atoms with Crippen LogP contribution in [-0.4, -0.2) is 40.6 Å². The van der Waals surface area contributed by atoms with Crippen LogP contribution < -0.4 is 0 Å². The first kappa shape index (κ1) is 10.6. The molecule has 5 heteroatoms. The number of aliphatic hydroxyl groups excluding tert-OH is 1. The monoisotopic (exact) mass is 221 g/mol. The van der Waals surface area contributed by atoms with E-state index in [1.807, 2.05) is 0 Å². The number of carbonyl (C=O) groups excluding carboxylic acids is 1. The molecule has 1 aliphatic heterocycles. The lowest BCUT2D eigenvalue weighted by molar-refractivity contribution is -0.151. The molecule has 0 bridgehead atoms. The number of carbonyl (C=O) groups is 2. The standard InChI is InChI=1S/C11H11NO4/c1-12-9(14)7-4-2-3-5-8(7)11(12,6-13)10(15)16/h2-5,13H,6H2,1H3,(H,15,16). The zero-order valence-corrected chi connectivity index (χ0v) is 8.67. The number of aliphatic carboxylic acids is 1. The van der Waals surface area contributed by atoms with Gasteiger partial charge >= 0.3 is 5.97 Å². The minimum Gasteiger partial charge on any atom is -0.479 e. The summed E-state index contributed by atoms with van der Waals surface area (Å²) in [6, 6.07) is 6.44. The molecule has 2 N–H and O–H groups in total. The number of hydrogen-bond acceptors (Lipinski definition) is 3. The van der Waals surface area contributed by atoms with Gasteiger partial charge in [0.1, 0.15) is 0 Å². The minimum atomic E-state index is -1.65. The highest BCUT2D eigenvalue weighted by Gasteiger charge is 2.53. The molecule has 1 aromatic carbocycles. The quantitative estimate of drug-likeness (QED) is 0.739. The Bertz CT molecular complexity index is 471. The third-order valence-corrected chi connectivity index (χ3v) is 3.06. The number of hydrogen-bond donors (Lipinski definition) is 2. The van der Waals surface area contributed by atoms with Crippen molar-refractivity contribution in [1.82, 2.24) is 4.90 Å². The molecule has 84 valence electrons. The molecule has 1 aliphatic rings. The fourth-order valence-corrected chi connectivity index (χ4v) is 2.08. The lowest BCUT2D eigenvalue weighted by Crippen LogP contribution is -2.50. The minimum absolute atomic E-state index is 0.335. The second kappa shape index (κ2) is 3.31. The Morgan fingerprint density at radius 2 is 2.06 bits per heavy atom. The zero-order chi connectivity index (χ0) is 11.9. The van der Waals surface area contributed by atoms with E-state index in [1.165, 1.54) is 7.05 Å². The Balaban J connectivity index is 2.73. The second-order valence-electron chi connectivity index (χ2n) is 3.73. The molecule has 0 aliphatic carbocycles. The Labute approximate surface area is 91.9 Å². The first-order valence-corrected chi connectivity index (χ1v) is 4.77. The van der Waals surface area contributed by atoms with Crippen molar-refractivity contribution in [2.45, 2.75) is 5.54 Å². The van der Waals surface area contributed by atoms with Crippen molar-refractivity contribution in [1.29, 1.82) is 0 Å². The van der Waals surface area contributed by atoms with Crippen molar-refractivity contribution in [2.24, 2.45) is 0 Å². The summed E-state index contributed by atoms with van der Waals surface area (Å²) in [5.41, 5.74) is -0.966. The summed E-state index contributed by atoms with van der Waals surface area (Å²) >= 11 is 0. The summed E-state index contributed by atoms with van der Waals surface area (Å²) < 4.78 is 0. The molecule has 1 heterocycles. The molecule has 1 amide bonds. The summed E-state index contributed by atoms with van der Waals surface area (Å²) in [6.45, 7) is -0.637. The molecule has 5 nitrogen and oxygen atoms in total. The Kier molecular flexibility index (Phi) is 2.20. The summed E-state index contributed by atoms with van der Waals surface area (Å²) in [5.74, 6) is -1.61. The van der Waals surface area contributed by atoms with E-state index in [-0.39, 0.29) is 5.91 Å². The first-order valence-electron chi connectivity index (χ1n) is 4.77. The van der Waals surface area contributed by atoms with E-state index in [2.05, 4.69) is 0 Å². The van der Waals surface area contributed by atoms with Gasteiger partial charge < -0.3 is 15.1 Å². The maximum atomic E-state index is 11.8. The van der Waals surface area contributed by atoms with Crippen LogP contribution in [0.3, 0.4) is 0 Å². The molecule has 0 spiro atoms. The number of aliphatic hydroxyl groups is 1. The van der Waals surface area contributed by atoms with Gasteiger partial charge in [-0.05, 0) is 6.07 Å². The summed E-state index contributed by atoms with van der Waals surface area (Å²) in [5, 5.41) is 18.6. The van der Waals surface area contributed by atoms with E-state index in [0.717, 1.165) is 4.90 Å².